The molecule has 0 amide bonds. The molecule has 0 aromatic carbocycles. The largest absolute Gasteiger partial charge is 0.455 e. The first-order valence-corrected chi connectivity index (χ1v) is 10.0. The molecule has 0 spiro atoms. The van der Waals surface area contributed by atoms with E-state index >= 15 is 0 Å². The van der Waals surface area contributed by atoms with E-state index < -0.39 is 6.10 Å². The van der Waals surface area contributed by atoms with E-state index in [1.165, 1.54) is 51.9 Å². The van der Waals surface area contributed by atoms with Crippen LogP contribution in [0.15, 0.2) is 0 Å². The summed E-state index contributed by atoms with van der Waals surface area (Å²) in [7, 11) is 0. The zero-order chi connectivity index (χ0) is 17.1. The molecule has 0 aromatic rings. The lowest BCUT2D eigenvalue weighted by molar-refractivity contribution is -0.169. The van der Waals surface area contributed by atoms with Crippen molar-refractivity contribution in [1.29, 1.82) is 0 Å². The predicted octanol–water partition coefficient (Wildman–Crippen LogP) is 4.53. The molecule has 4 rings (SSSR count). The third-order valence-electron chi connectivity index (χ3n) is 8.57. The molecule has 4 aliphatic carbocycles. The van der Waals surface area contributed by atoms with Crippen LogP contribution in [0.3, 0.4) is 0 Å². The second-order valence-electron chi connectivity index (χ2n) is 9.72. The number of hydrogen-bond donors (Lipinski definition) is 0. The molecule has 0 N–H and O–H groups in total. The van der Waals surface area contributed by atoms with Crippen molar-refractivity contribution in [2.45, 2.75) is 84.7 Å². The lowest BCUT2D eigenvalue weighted by Crippen LogP contribution is -2.55. The first kappa shape index (κ1) is 16.6. The van der Waals surface area contributed by atoms with Gasteiger partial charge in [-0.2, -0.15) is 0 Å². The molecule has 0 unspecified atom stereocenters. The molecule has 3 nitrogen and oxygen atoms in total. The number of ether oxygens (including phenoxy) is 1. The molecule has 0 saturated heterocycles. The number of carbonyl (C=O) groups excluding carboxylic acids is 2. The Labute approximate surface area is 145 Å². The molecule has 24 heavy (non-hydrogen) atoms. The maximum Gasteiger partial charge on any atom is 0.303 e. The van der Waals surface area contributed by atoms with Gasteiger partial charge >= 0.3 is 5.97 Å². The van der Waals surface area contributed by atoms with Crippen LogP contribution < -0.4 is 0 Å². The smallest absolute Gasteiger partial charge is 0.303 e. The van der Waals surface area contributed by atoms with E-state index in [4.69, 9.17) is 4.74 Å². The van der Waals surface area contributed by atoms with Gasteiger partial charge in [0.05, 0.1) is 0 Å². The van der Waals surface area contributed by atoms with Gasteiger partial charge in [0.25, 0.3) is 0 Å². The van der Waals surface area contributed by atoms with Crippen LogP contribution in [0.2, 0.25) is 0 Å². The van der Waals surface area contributed by atoms with Crippen LogP contribution >= 0.6 is 0 Å². The van der Waals surface area contributed by atoms with Crippen molar-refractivity contribution in [3.63, 3.8) is 0 Å². The van der Waals surface area contributed by atoms with Crippen molar-refractivity contribution < 1.29 is 14.3 Å². The number of Topliss-reactive ketones (excluding diaryl/α,β-unsaturated/α-hetero) is 1. The van der Waals surface area contributed by atoms with Crippen molar-refractivity contribution in [3.8, 4) is 0 Å². The van der Waals surface area contributed by atoms with Gasteiger partial charge in [0, 0.05) is 13.3 Å². The van der Waals surface area contributed by atoms with Crippen molar-refractivity contribution >= 4 is 11.8 Å². The van der Waals surface area contributed by atoms with Gasteiger partial charge in [0.2, 0.25) is 0 Å². The molecule has 4 aliphatic rings. The Morgan fingerprint density at radius 1 is 1.08 bits per heavy atom. The van der Waals surface area contributed by atoms with Crippen molar-refractivity contribution in [1.82, 2.24) is 0 Å². The van der Waals surface area contributed by atoms with Crippen LogP contribution in [0.1, 0.15) is 78.6 Å². The van der Waals surface area contributed by atoms with Crippen molar-refractivity contribution in [3.05, 3.63) is 0 Å². The zero-order valence-electron chi connectivity index (χ0n) is 15.5. The maximum atomic E-state index is 12.7. The Bertz CT molecular complexity index is 555. The monoisotopic (exact) mass is 332 g/mol. The molecule has 0 aromatic heterocycles. The molecular formula is C21H32O3. The summed E-state index contributed by atoms with van der Waals surface area (Å²) in [5, 5.41) is 0. The number of fused-ring (bicyclic) bond motifs is 5. The summed E-state index contributed by atoms with van der Waals surface area (Å²) in [5.41, 5.74) is 0.712. The van der Waals surface area contributed by atoms with Gasteiger partial charge in [0.15, 0.2) is 11.9 Å². The Kier molecular flexibility index (Phi) is 3.85. The highest BCUT2D eigenvalue weighted by atomic mass is 16.5. The highest BCUT2D eigenvalue weighted by Crippen LogP contribution is 2.65. The number of hydrogen-bond acceptors (Lipinski definition) is 3. The standard InChI is InChI=1S/C21H32O3/c1-13(22)24-19-11-14-6-7-15-16-5-4-9-20(16,2)10-8-17(15)21(14,3)12-18(19)23/h14-17,19H,4-12H2,1-3H3/t14-,15+,16-,17-,19+,20+,21+/m0/s1. The van der Waals surface area contributed by atoms with E-state index in [1.807, 2.05) is 0 Å². The van der Waals surface area contributed by atoms with Crippen LogP contribution in [0.4, 0.5) is 0 Å². The predicted molar refractivity (Wildman–Crippen MR) is 92.3 cm³/mol. The number of rotatable bonds is 1. The first-order valence-electron chi connectivity index (χ1n) is 10.0. The van der Waals surface area contributed by atoms with E-state index in [0.29, 0.717) is 23.7 Å². The van der Waals surface area contributed by atoms with Gasteiger partial charge in [-0.1, -0.05) is 20.3 Å². The molecule has 4 saturated carbocycles. The molecular weight excluding hydrogens is 300 g/mol. The maximum absolute atomic E-state index is 12.7. The Morgan fingerprint density at radius 3 is 2.62 bits per heavy atom. The van der Waals surface area contributed by atoms with E-state index in [1.54, 1.807) is 0 Å². The van der Waals surface area contributed by atoms with E-state index in [2.05, 4.69) is 13.8 Å². The fraction of sp³-hybridized carbons (Fsp3) is 0.905. The summed E-state index contributed by atoms with van der Waals surface area (Å²) >= 11 is 0. The van der Waals surface area contributed by atoms with Crippen molar-refractivity contribution in [2.75, 3.05) is 0 Å². The third-order valence-corrected chi connectivity index (χ3v) is 8.57. The fourth-order valence-corrected chi connectivity index (χ4v) is 7.38. The molecule has 134 valence electrons. The first-order chi connectivity index (χ1) is 11.3. The second-order valence-corrected chi connectivity index (χ2v) is 9.72. The average Bonchev–Trinajstić information content (AvgIpc) is 2.89. The summed E-state index contributed by atoms with van der Waals surface area (Å²) in [6, 6.07) is 0. The van der Waals surface area contributed by atoms with Gasteiger partial charge in [-0.25, -0.2) is 0 Å². The highest BCUT2D eigenvalue weighted by Gasteiger charge is 2.59. The van der Waals surface area contributed by atoms with E-state index in [9.17, 15) is 9.59 Å². The summed E-state index contributed by atoms with van der Waals surface area (Å²) in [4.78, 5) is 24.0. The molecule has 7 atom stereocenters. The topological polar surface area (TPSA) is 43.4 Å². The number of ketones is 1. The summed E-state index contributed by atoms with van der Waals surface area (Å²) < 4.78 is 5.33. The SMILES string of the molecule is CC(=O)O[C@@H]1C[C@@H]2CC[C@@H]3[C@@H]4CCC[C@]4(C)CC[C@@H]3[C@]2(C)CC1=O. The van der Waals surface area contributed by atoms with Crippen LogP contribution in [0.5, 0.6) is 0 Å². The zero-order valence-corrected chi connectivity index (χ0v) is 15.5. The highest BCUT2D eigenvalue weighted by molar-refractivity contribution is 5.86. The van der Waals surface area contributed by atoms with Gasteiger partial charge in [-0.3, -0.25) is 9.59 Å². The van der Waals surface area contributed by atoms with E-state index in [-0.39, 0.29) is 17.2 Å². The molecule has 0 bridgehead atoms. The quantitative estimate of drug-likeness (QED) is 0.663. The van der Waals surface area contributed by atoms with Crippen molar-refractivity contribution in [2.24, 2.45) is 34.5 Å². The Morgan fingerprint density at radius 2 is 1.88 bits per heavy atom. The second kappa shape index (κ2) is 5.57. The molecule has 4 fully saturated rings. The minimum atomic E-state index is -0.475. The lowest BCUT2D eigenvalue weighted by Gasteiger charge is -2.60. The van der Waals surface area contributed by atoms with Gasteiger partial charge in [-0.05, 0) is 79.4 Å². The van der Waals surface area contributed by atoms with Crippen LogP contribution in [-0.4, -0.2) is 17.9 Å². The Balaban J connectivity index is 1.57. The minimum absolute atomic E-state index is 0.139. The van der Waals surface area contributed by atoms with Gasteiger partial charge in [0.1, 0.15) is 0 Å². The molecule has 3 heteroatoms. The molecule has 0 radical (unpaired) electrons. The Hall–Kier alpha value is -0.860. The summed E-state index contributed by atoms with van der Waals surface area (Å²) in [6.45, 7) is 6.33. The summed E-state index contributed by atoms with van der Waals surface area (Å²) in [6.07, 6.45) is 10.3. The third kappa shape index (κ3) is 2.37. The normalized spacial score (nSPS) is 50.6. The molecule has 0 aliphatic heterocycles. The van der Waals surface area contributed by atoms with Crippen LogP contribution in [-0.2, 0) is 14.3 Å². The fourth-order valence-electron chi connectivity index (χ4n) is 7.38. The van der Waals surface area contributed by atoms with Crippen LogP contribution in [0, 0.1) is 34.5 Å². The van der Waals surface area contributed by atoms with Crippen LogP contribution in [0.25, 0.3) is 0 Å². The average molecular weight is 332 g/mol. The molecule has 0 heterocycles. The van der Waals surface area contributed by atoms with Gasteiger partial charge < -0.3 is 4.74 Å². The summed E-state index contributed by atoms with van der Waals surface area (Å²) in [5.74, 6) is 2.82. The lowest BCUT2D eigenvalue weighted by atomic mass is 9.45. The van der Waals surface area contributed by atoms with E-state index in [0.717, 1.165) is 18.3 Å². The number of carbonyl (C=O) groups is 2. The van der Waals surface area contributed by atoms with Gasteiger partial charge in [-0.15, -0.1) is 0 Å². The minimum Gasteiger partial charge on any atom is -0.455 e. The number of esters is 1.